The Morgan fingerprint density at radius 2 is 1.79 bits per heavy atom. The van der Waals surface area contributed by atoms with Gasteiger partial charge in [-0.25, -0.2) is 4.79 Å². The Labute approximate surface area is 196 Å². The molecule has 0 aromatic heterocycles. The van der Waals surface area contributed by atoms with Crippen molar-refractivity contribution in [3.05, 3.63) is 66.0 Å². The van der Waals surface area contributed by atoms with Crippen molar-refractivity contribution in [1.82, 2.24) is 0 Å². The summed E-state index contributed by atoms with van der Waals surface area (Å²) in [5.74, 6) is -1.57. The van der Waals surface area contributed by atoms with E-state index in [9.17, 15) is 30.3 Å². The van der Waals surface area contributed by atoms with E-state index in [0.29, 0.717) is 5.57 Å². The number of hydrogen-bond donors (Lipinski definition) is 5. The van der Waals surface area contributed by atoms with E-state index in [-0.39, 0.29) is 6.61 Å². The minimum atomic E-state index is -1.61. The van der Waals surface area contributed by atoms with Crippen molar-refractivity contribution < 1.29 is 49.3 Å². The predicted octanol–water partition coefficient (Wildman–Crippen LogP) is -0.537. The van der Waals surface area contributed by atoms with Gasteiger partial charge in [0.25, 0.3) is 0 Å². The van der Waals surface area contributed by atoms with Gasteiger partial charge in [0.2, 0.25) is 6.29 Å². The molecular formula is C24H28O10. The van der Waals surface area contributed by atoms with Gasteiger partial charge in [-0.05, 0) is 23.3 Å². The van der Waals surface area contributed by atoms with Crippen molar-refractivity contribution in [3.63, 3.8) is 0 Å². The normalized spacial score (nSPS) is 37.2. The number of carbonyl (C=O) groups is 1. The number of aliphatic hydroxyl groups is 5. The van der Waals surface area contributed by atoms with Crippen LogP contribution in [0.4, 0.5) is 0 Å². The average molecular weight is 476 g/mol. The Morgan fingerprint density at radius 1 is 1.03 bits per heavy atom. The maximum atomic E-state index is 12.2. The van der Waals surface area contributed by atoms with E-state index in [0.717, 1.165) is 5.56 Å². The van der Waals surface area contributed by atoms with Crippen molar-refractivity contribution in [3.8, 4) is 0 Å². The largest absolute Gasteiger partial charge is 0.472 e. The summed E-state index contributed by atoms with van der Waals surface area (Å²) in [4.78, 5) is 12.2. The van der Waals surface area contributed by atoms with Gasteiger partial charge >= 0.3 is 5.97 Å². The second kappa shape index (κ2) is 10.8. The first-order valence-electron chi connectivity index (χ1n) is 11.0. The van der Waals surface area contributed by atoms with Gasteiger partial charge in [0, 0.05) is 12.0 Å². The van der Waals surface area contributed by atoms with Crippen LogP contribution in [-0.2, 0) is 23.7 Å². The molecule has 2 heterocycles. The minimum absolute atomic E-state index is 0.123. The van der Waals surface area contributed by atoms with Crippen molar-refractivity contribution in [2.75, 3.05) is 13.2 Å². The smallest absolute Gasteiger partial charge is 0.331 e. The molecule has 34 heavy (non-hydrogen) atoms. The lowest BCUT2D eigenvalue weighted by molar-refractivity contribution is -0.339. The number of esters is 1. The van der Waals surface area contributed by atoms with Crippen LogP contribution in [0.15, 0.2) is 60.4 Å². The standard InChI is InChI=1S/C24H28O10/c25-11-17-20(28)21(29)22(30)24(33-17)34-23-19-14(10-16(26)15(19)8-9-31-23)12-32-18(27)7-6-13-4-2-1-3-5-13/h1-10,15-17,19-26,28-30H,11-12H2/b7-6+. The number of rotatable bonds is 7. The zero-order valence-corrected chi connectivity index (χ0v) is 18.2. The van der Waals surface area contributed by atoms with E-state index in [1.54, 1.807) is 18.2 Å². The minimum Gasteiger partial charge on any atom is -0.472 e. The fourth-order valence-electron chi connectivity index (χ4n) is 4.29. The molecule has 4 rings (SSSR count). The number of ether oxygens (including phenoxy) is 4. The number of hydrogen-bond acceptors (Lipinski definition) is 10. The molecule has 1 aromatic rings. The van der Waals surface area contributed by atoms with Gasteiger partial charge in [-0.2, -0.15) is 0 Å². The average Bonchev–Trinajstić information content (AvgIpc) is 3.18. The SMILES string of the molecule is O=C(/C=C/c1ccccc1)OCC1=CC(O)C2C=COC(OC3OC(CO)C(O)C(O)C3O)C12. The Balaban J connectivity index is 1.41. The molecule has 1 aliphatic carbocycles. The molecule has 9 atom stereocenters. The predicted molar refractivity (Wildman–Crippen MR) is 116 cm³/mol. The van der Waals surface area contributed by atoms with Crippen LogP contribution < -0.4 is 0 Å². The van der Waals surface area contributed by atoms with Gasteiger partial charge in [-0.15, -0.1) is 0 Å². The summed E-state index contributed by atoms with van der Waals surface area (Å²) in [5, 5.41) is 50.1. The van der Waals surface area contributed by atoms with Gasteiger partial charge in [-0.1, -0.05) is 36.4 Å². The molecule has 0 amide bonds. The summed E-state index contributed by atoms with van der Waals surface area (Å²) in [6.07, 6.45) is -1.72. The quantitative estimate of drug-likeness (QED) is 0.197. The van der Waals surface area contributed by atoms with Crippen molar-refractivity contribution in [1.29, 1.82) is 0 Å². The first-order valence-corrected chi connectivity index (χ1v) is 11.0. The van der Waals surface area contributed by atoms with Gasteiger partial charge < -0.3 is 44.5 Å². The van der Waals surface area contributed by atoms with Gasteiger partial charge in [0.05, 0.1) is 24.9 Å². The van der Waals surface area contributed by atoms with E-state index in [1.165, 1.54) is 12.3 Å². The fourth-order valence-corrected chi connectivity index (χ4v) is 4.29. The van der Waals surface area contributed by atoms with Crippen LogP contribution in [0, 0.1) is 11.8 Å². The Morgan fingerprint density at radius 3 is 2.53 bits per heavy atom. The highest BCUT2D eigenvalue weighted by atomic mass is 16.8. The number of aliphatic hydroxyl groups excluding tert-OH is 5. The Bertz CT molecular complexity index is 927. The fraction of sp³-hybridized carbons (Fsp3) is 0.458. The summed E-state index contributed by atoms with van der Waals surface area (Å²) in [6.45, 7) is -0.722. The lowest BCUT2D eigenvalue weighted by atomic mass is 9.88. The lowest BCUT2D eigenvalue weighted by Crippen LogP contribution is -2.60. The third kappa shape index (κ3) is 5.23. The van der Waals surface area contributed by atoms with Crippen LogP contribution in [0.5, 0.6) is 0 Å². The van der Waals surface area contributed by atoms with Crippen LogP contribution in [-0.4, -0.2) is 87.8 Å². The zero-order chi connectivity index (χ0) is 24.2. The molecule has 2 aliphatic heterocycles. The molecule has 9 unspecified atom stereocenters. The molecule has 5 N–H and O–H groups in total. The topological polar surface area (TPSA) is 155 Å². The molecule has 1 fully saturated rings. The molecule has 1 saturated heterocycles. The maximum absolute atomic E-state index is 12.2. The highest BCUT2D eigenvalue weighted by Gasteiger charge is 2.49. The van der Waals surface area contributed by atoms with E-state index in [4.69, 9.17) is 18.9 Å². The number of carbonyl (C=O) groups excluding carboxylic acids is 1. The molecule has 3 aliphatic rings. The number of fused-ring (bicyclic) bond motifs is 1. The van der Waals surface area contributed by atoms with Gasteiger partial charge in [0.15, 0.2) is 6.29 Å². The second-order valence-electron chi connectivity index (χ2n) is 8.35. The van der Waals surface area contributed by atoms with Crippen LogP contribution in [0.1, 0.15) is 5.56 Å². The summed E-state index contributed by atoms with van der Waals surface area (Å²) in [5.41, 5.74) is 1.40. The third-order valence-corrected chi connectivity index (χ3v) is 6.14. The third-order valence-electron chi connectivity index (χ3n) is 6.14. The van der Waals surface area contributed by atoms with Gasteiger partial charge in [-0.3, -0.25) is 0 Å². The van der Waals surface area contributed by atoms with Crippen LogP contribution in [0.3, 0.4) is 0 Å². The first kappa shape index (κ1) is 24.6. The molecule has 0 radical (unpaired) electrons. The van der Waals surface area contributed by atoms with E-state index in [2.05, 4.69) is 0 Å². The van der Waals surface area contributed by atoms with E-state index >= 15 is 0 Å². The van der Waals surface area contributed by atoms with Crippen LogP contribution >= 0.6 is 0 Å². The highest BCUT2D eigenvalue weighted by molar-refractivity contribution is 5.87. The molecule has 10 heteroatoms. The second-order valence-corrected chi connectivity index (χ2v) is 8.35. The van der Waals surface area contributed by atoms with Gasteiger partial charge in [0.1, 0.15) is 31.0 Å². The molecule has 1 aromatic carbocycles. The van der Waals surface area contributed by atoms with Crippen molar-refractivity contribution in [2.45, 2.75) is 43.1 Å². The molecule has 0 bridgehead atoms. The summed E-state index contributed by atoms with van der Waals surface area (Å²) in [7, 11) is 0. The van der Waals surface area contributed by atoms with E-state index < -0.39 is 67.5 Å². The molecule has 184 valence electrons. The maximum Gasteiger partial charge on any atom is 0.331 e. The molecule has 0 spiro atoms. The lowest BCUT2D eigenvalue weighted by Gasteiger charge is -2.42. The van der Waals surface area contributed by atoms with Crippen molar-refractivity contribution >= 4 is 12.0 Å². The van der Waals surface area contributed by atoms with Crippen LogP contribution in [0.25, 0.3) is 6.08 Å². The monoisotopic (exact) mass is 476 g/mol. The summed E-state index contributed by atoms with van der Waals surface area (Å²) < 4.78 is 22.1. The molecular weight excluding hydrogens is 448 g/mol. The van der Waals surface area contributed by atoms with Crippen molar-refractivity contribution in [2.24, 2.45) is 11.8 Å². The summed E-state index contributed by atoms with van der Waals surface area (Å²) >= 11 is 0. The Hall–Kier alpha value is -2.57. The highest BCUT2D eigenvalue weighted by Crippen LogP contribution is 2.41. The summed E-state index contributed by atoms with van der Waals surface area (Å²) in [6, 6.07) is 9.26. The first-order chi connectivity index (χ1) is 16.4. The molecule has 10 nitrogen and oxygen atoms in total. The Kier molecular flexibility index (Phi) is 7.79. The molecule has 0 saturated carbocycles. The zero-order valence-electron chi connectivity index (χ0n) is 18.2. The van der Waals surface area contributed by atoms with E-state index in [1.807, 2.05) is 30.3 Å². The number of benzene rings is 1. The van der Waals surface area contributed by atoms with Crippen LogP contribution in [0.2, 0.25) is 0 Å².